The topological polar surface area (TPSA) is 70.4 Å². The second-order valence-corrected chi connectivity index (χ2v) is 6.59. The van der Waals surface area contributed by atoms with Crippen LogP contribution in [0.1, 0.15) is 12.5 Å². The summed E-state index contributed by atoms with van der Waals surface area (Å²) in [5.41, 5.74) is 0.260. The van der Waals surface area contributed by atoms with E-state index in [9.17, 15) is 8.42 Å². The van der Waals surface area contributed by atoms with Gasteiger partial charge >= 0.3 is 0 Å². The molecule has 0 aromatic heterocycles. The minimum atomic E-state index is -3.60. The maximum Gasteiger partial charge on any atom is 0.243 e. The Labute approximate surface area is 117 Å². The van der Waals surface area contributed by atoms with Crippen LogP contribution in [-0.2, 0) is 14.8 Å². The Hall–Kier alpha value is -1.13. The van der Waals surface area contributed by atoms with Crippen molar-refractivity contribution in [1.82, 2.24) is 4.31 Å². The minimum absolute atomic E-state index is 0.102. The third-order valence-electron chi connectivity index (χ3n) is 2.97. The molecule has 1 aromatic rings. The summed E-state index contributed by atoms with van der Waals surface area (Å²) < 4.78 is 31.6. The lowest BCUT2D eigenvalue weighted by Gasteiger charge is -2.32. The van der Waals surface area contributed by atoms with E-state index in [2.05, 4.69) is 0 Å². The molecule has 1 aliphatic rings. The first-order chi connectivity index (χ1) is 8.96. The Balaban J connectivity index is 2.39. The largest absolute Gasteiger partial charge is 0.378 e. The molecular weight excluding hydrogens is 288 g/mol. The van der Waals surface area contributed by atoms with Crippen LogP contribution >= 0.6 is 11.6 Å². The monoisotopic (exact) mass is 300 g/mol. The second kappa shape index (κ2) is 5.47. The molecule has 19 heavy (non-hydrogen) atoms. The summed E-state index contributed by atoms with van der Waals surface area (Å²) in [6, 6.07) is 5.83. The lowest BCUT2D eigenvalue weighted by atomic mass is 10.2. The van der Waals surface area contributed by atoms with Gasteiger partial charge in [0.2, 0.25) is 10.0 Å². The number of benzene rings is 1. The summed E-state index contributed by atoms with van der Waals surface area (Å²) in [7, 11) is -3.60. The van der Waals surface area contributed by atoms with Crippen LogP contribution in [0.4, 0.5) is 0 Å². The summed E-state index contributed by atoms with van der Waals surface area (Å²) in [6.45, 7) is 2.87. The highest BCUT2D eigenvalue weighted by Crippen LogP contribution is 2.25. The lowest BCUT2D eigenvalue weighted by Crippen LogP contribution is -2.46. The van der Waals surface area contributed by atoms with Crippen LogP contribution in [0.25, 0.3) is 0 Å². The van der Waals surface area contributed by atoms with E-state index in [1.807, 2.05) is 6.07 Å². The molecule has 1 saturated heterocycles. The summed E-state index contributed by atoms with van der Waals surface area (Å²) in [6.07, 6.45) is 0. The highest BCUT2D eigenvalue weighted by Gasteiger charge is 2.31. The van der Waals surface area contributed by atoms with Gasteiger partial charge in [0.05, 0.1) is 28.7 Å². The number of morpholine rings is 1. The van der Waals surface area contributed by atoms with Gasteiger partial charge in [0.15, 0.2) is 0 Å². The normalized spacial score (nSPS) is 21.0. The zero-order valence-electron chi connectivity index (χ0n) is 10.3. The summed E-state index contributed by atoms with van der Waals surface area (Å²) in [4.78, 5) is 0.102. The summed E-state index contributed by atoms with van der Waals surface area (Å²) >= 11 is 5.88. The van der Waals surface area contributed by atoms with E-state index in [0.717, 1.165) is 0 Å². The van der Waals surface area contributed by atoms with Crippen molar-refractivity contribution in [1.29, 1.82) is 5.26 Å². The zero-order chi connectivity index (χ0) is 14.0. The standard InChI is InChI=1S/C12H13ClN2O3S/c1-9-8-18-5-4-15(9)19(16,17)11-3-2-10(7-14)12(13)6-11/h2-3,6,9H,4-5,8H2,1H3/t9-/m1/s1. The van der Waals surface area contributed by atoms with E-state index < -0.39 is 10.0 Å². The molecule has 7 heteroatoms. The van der Waals surface area contributed by atoms with Gasteiger partial charge in [0, 0.05) is 12.6 Å². The van der Waals surface area contributed by atoms with Crippen molar-refractivity contribution in [3.8, 4) is 6.07 Å². The summed E-state index contributed by atoms with van der Waals surface area (Å²) in [5.74, 6) is 0. The molecule has 0 N–H and O–H groups in total. The maximum absolute atomic E-state index is 12.5. The molecule has 0 saturated carbocycles. The molecular formula is C12H13ClN2O3S. The predicted molar refractivity (Wildman–Crippen MR) is 70.3 cm³/mol. The van der Waals surface area contributed by atoms with E-state index in [0.29, 0.717) is 19.8 Å². The number of nitrogens with zero attached hydrogens (tertiary/aromatic N) is 2. The molecule has 1 fully saturated rings. The predicted octanol–water partition coefficient (Wildman–Crippen LogP) is 1.62. The second-order valence-electron chi connectivity index (χ2n) is 4.29. The highest BCUT2D eigenvalue weighted by molar-refractivity contribution is 7.89. The minimum Gasteiger partial charge on any atom is -0.378 e. The first-order valence-corrected chi connectivity index (χ1v) is 7.58. The number of sulfonamides is 1. The van der Waals surface area contributed by atoms with Crippen molar-refractivity contribution >= 4 is 21.6 Å². The van der Waals surface area contributed by atoms with Crippen molar-refractivity contribution in [2.45, 2.75) is 17.9 Å². The highest BCUT2D eigenvalue weighted by atomic mass is 35.5. The quantitative estimate of drug-likeness (QED) is 0.832. The fourth-order valence-corrected chi connectivity index (χ4v) is 3.87. The number of hydrogen-bond acceptors (Lipinski definition) is 4. The number of ether oxygens (including phenoxy) is 1. The Bertz CT molecular complexity index is 624. The molecule has 2 rings (SSSR count). The van der Waals surface area contributed by atoms with Gasteiger partial charge in [-0.15, -0.1) is 0 Å². The first kappa shape index (κ1) is 14.3. The lowest BCUT2D eigenvalue weighted by molar-refractivity contribution is 0.0393. The van der Waals surface area contributed by atoms with Crippen LogP contribution in [0.3, 0.4) is 0 Å². The van der Waals surface area contributed by atoms with E-state index in [1.165, 1.54) is 22.5 Å². The van der Waals surface area contributed by atoms with Gasteiger partial charge in [-0.2, -0.15) is 9.57 Å². The smallest absolute Gasteiger partial charge is 0.243 e. The van der Waals surface area contributed by atoms with Gasteiger partial charge in [-0.25, -0.2) is 8.42 Å². The van der Waals surface area contributed by atoms with Crippen molar-refractivity contribution in [3.63, 3.8) is 0 Å². The summed E-state index contributed by atoms with van der Waals surface area (Å²) in [5, 5.41) is 8.94. The van der Waals surface area contributed by atoms with Gasteiger partial charge in [0.1, 0.15) is 6.07 Å². The van der Waals surface area contributed by atoms with Crippen LogP contribution in [0.2, 0.25) is 5.02 Å². The number of hydrogen-bond donors (Lipinski definition) is 0. The zero-order valence-corrected chi connectivity index (χ0v) is 11.9. The molecule has 0 bridgehead atoms. The molecule has 0 amide bonds. The fraction of sp³-hybridized carbons (Fsp3) is 0.417. The van der Waals surface area contributed by atoms with E-state index >= 15 is 0 Å². The number of halogens is 1. The molecule has 1 heterocycles. The van der Waals surface area contributed by atoms with E-state index in [-0.39, 0.29) is 21.5 Å². The maximum atomic E-state index is 12.5. The average molecular weight is 301 g/mol. The van der Waals surface area contributed by atoms with Crippen LogP contribution in [0.5, 0.6) is 0 Å². The Kier molecular flexibility index (Phi) is 4.11. The first-order valence-electron chi connectivity index (χ1n) is 5.76. The number of rotatable bonds is 2. The van der Waals surface area contributed by atoms with Crippen LogP contribution in [0, 0.1) is 11.3 Å². The van der Waals surface area contributed by atoms with Gasteiger partial charge in [-0.05, 0) is 25.1 Å². The molecule has 1 aromatic carbocycles. The van der Waals surface area contributed by atoms with E-state index in [4.69, 9.17) is 21.6 Å². The Morgan fingerprint density at radius 3 is 2.84 bits per heavy atom. The molecule has 102 valence electrons. The van der Waals surface area contributed by atoms with E-state index in [1.54, 1.807) is 6.92 Å². The third kappa shape index (κ3) is 2.74. The van der Waals surface area contributed by atoms with Crippen molar-refractivity contribution in [3.05, 3.63) is 28.8 Å². The van der Waals surface area contributed by atoms with Crippen LogP contribution in [0.15, 0.2) is 23.1 Å². The SMILES string of the molecule is C[C@@H]1COCCN1S(=O)(=O)c1ccc(C#N)c(Cl)c1. The molecule has 0 radical (unpaired) electrons. The molecule has 1 atom stereocenters. The molecule has 1 aliphatic heterocycles. The molecule has 0 aliphatic carbocycles. The van der Waals surface area contributed by atoms with Gasteiger partial charge in [0.25, 0.3) is 0 Å². The molecule has 5 nitrogen and oxygen atoms in total. The van der Waals surface area contributed by atoms with Gasteiger partial charge in [-0.1, -0.05) is 11.6 Å². The third-order valence-corrected chi connectivity index (χ3v) is 5.30. The van der Waals surface area contributed by atoms with Gasteiger partial charge in [-0.3, -0.25) is 0 Å². The van der Waals surface area contributed by atoms with Crippen LogP contribution in [-0.4, -0.2) is 38.5 Å². The molecule has 0 spiro atoms. The fourth-order valence-electron chi connectivity index (χ4n) is 1.95. The van der Waals surface area contributed by atoms with Crippen LogP contribution < -0.4 is 0 Å². The van der Waals surface area contributed by atoms with Crippen molar-refractivity contribution < 1.29 is 13.2 Å². The Morgan fingerprint density at radius 1 is 1.53 bits per heavy atom. The van der Waals surface area contributed by atoms with Gasteiger partial charge < -0.3 is 4.74 Å². The average Bonchev–Trinajstić information content (AvgIpc) is 2.39. The number of nitriles is 1. The van der Waals surface area contributed by atoms with Crippen molar-refractivity contribution in [2.75, 3.05) is 19.8 Å². The Morgan fingerprint density at radius 2 is 2.26 bits per heavy atom. The molecule has 0 unspecified atom stereocenters. The van der Waals surface area contributed by atoms with Crippen molar-refractivity contribution in [2.24, 2.45) is 0 Å².